The Morgan fingerprint density at radius 3 is 2.48 bits per heavy atom. The van der Waals surface area contributed by atoms with Crippen molar-refractivity contribution in [3.63, 3.8) is 0 Å². The normalized spacial score (nSPS) is 12.4. The number of nitrogens with zero attached hydrogens (tertiary/aromatic N) is 1. The fourth-order valence-corrected chi connectivity index (χ4v) is 2.82. The number of benzene rings is 3. The largest absolute Gasteiger partial charge is 0.486 e. The second-order valence-corrected chi connectivity index (χ2v) is 6.53. The molecule has 1 N–H and O–H groups in total. The molecule has 4 rings (SSSR count). The van der Waals surface area contributed by atoms with Gasteiger partial charge in [0.05, 0.1) is 11.8 Å². The van der Waals surface area contributed by atoms with Gasteiger partial charge in [-0.05, 0) is 66.2 Å². The molecule has 3 aromatic rings. The van der Waals surface area contributed by atoms with E-state index in [1.165, 1.54) is 24.4 Å². The van der Waals surface area contributed by atoms with Crippen LogP contribution in [-0.4, -0.2) is 31.3 Å². The van der Waals surface area contributed by atoms with E-state index >= 15 is 0 Å². The number of nitrogens with one attached hydrogen (secondary N) is 1. The molecule has 1 aliphatic heterocycles. The highest BCUT2D eigenvalue weighted by Crippen LogP contribution is 2.30. The molecule has 0 saturated heterocycles. The number of hydrazone groups is 1. The van der Waals surface area contributed by atoms with Crippen LogP contribution >= 0.6 is 0 Å². The molecule has 0 spiro atoms. The summed E-state index contributed by atoms with van der Waals surface area (Å²) in [6, 6.07) is 16.6. The van der Waals surface area contributed by atoms with Crippen LogP contribution in [0.15, 0.2) is 71.8 Å². The topological polar surface area (TPSA) is 86.2 Å². The van der Waals surface area contributed by atoms with Crippen LogP contribution in [-0.2, 0) is 0 Å². The second-order valence-electron chi connectivity index (χ2n) is 6.53. The van der Waals surface area contributed by atoms with Crippen molar-refractivity contribution in [1.82, 2.24) is 5.43 Å². The molecular formula is C23H17FN2O5. The van der Waals surface area contributed by atoms with Gasteiger partial charge < -0.3 is 14.2 Å². The maximum Gasteiger partial charge on any atom is 0.343 e. The Hall–Kier alpha value is -4.20. The molecule has 0 bridgehead atoms. The van der Waals surface area contributed by atoms with E-state index in [1.807, 2.05) is 0 Å². The summed E-state index contributed by atoms with van der Waals surface area (Å²) in [6.07, 6.45) is 1.45. The van der Waals surface area contributed by atoms with E-state index in [1.54, 1.807) is 42.5 Å². The molecule has 0 aliphatic carbocycles. The number of carbonyl (C=O) groups excluding carboxylic acids is 2. The van der Waals surface area contributed by atoms with Gasteiger partial charge in [0, 0.05) is 5.56 Å². The predicted molar refractivity (Wildman–Crippen MR) is 110 cm³/mol. The number of rotatable bonds is 5. The van der Waals surface area contributed by atoms with Gasteiger partial charge in [-0.25, -0.2) is 14.6 Å². The Morgan fingerprint density at radius 2 is 1.71 bits per heavy atom. The molecule has 0 unspecified atom stereocenters. The molecule has 1 amide bonds. The van der Waals surface area contributed by atoms with Crippen LogP contribution in [0.1, 0.15) is 26.3 Å². The first-order valence-corrected chi connectivity index (χ1v) is 9.39. The van der Waals surface area contributed by atoms with Gasteiger partial charge in [-0.2, -0.15) is 5.10 Å². The van der Waals surface area contributed by atoms with Crippen molar-refractivity contribution in [1.29, 1.82) is 0 Å². The van der Waals surface area contributed by atoms with Crippen LogP contribution in [0.25, 0.3) is 0 Å². The average molecular weight is 420 g/mol. The first-order chi connectivity index (χ1) is 15.1. The monoisotopic (exact) mass is 420 g/mol. The Bertz CT molecular complexity index is 1140. The molecule has 3 aromatic carbocycles. The predicted octanol–water partition coefficient (Wildman–Crippen LogP) is 3.58. The van der Waals surface area contributed by atoms with Crippen molar-refractivity contribution < 1.29 is 28.2 Å². The summed E-state index contributed by atoms with van der Waals surface area (Å²) < 4.78 is 29.3. The summed E-state index contributed by atoms with van der Waals surface area (Å²) in [5, 5.41) is 3.93. The molecule has 31 heavy (non-hydrogen) atoms. The molecule has 156 valence electrons. The third kappa shape index (κ3) is 5.05. The van der Waals surface area contributed by atoms with Gasteiger partial charge in [0.15, 0.2) is 11.5 Å². The van der Waals surface area contributed by atoms with Crippen LogP contribution in [0.2, 0.25) is 0 Å². The summed E-state index contributed by atoms with van der Waals surface area (Å²) in [6.45, 7) is 0.912. The Labute approximate surface area is 177 Å². The van der Waals surface area contributed by atoms with Crippen LogP contribution in [0.3, 0.4) is 0 Å². The summed E-state index contributed by atoms with van der Waals surface area (Å²) in [4.78, 5) is 24.3. The van der Waals surface area contributed by atoms with Crippen LogP contribution in [0.5, 0.6) is 17.2 Å². The minimum absolute atomic E-state index is 0.118. The Kier molecular flexibility index (Phi) is 5.89. The van der Waals surface area contributed by atoms with Crippen LogP contribution < -0.4 is 19.6 Å². The first-order valence-electron chi connectivity index (χ1n) is 9.39. The maximum atomic E-state index is 13.2. The highest BCUT2D eigenvalue weighted by molar-refractivity contribution is 5.95. The van der Waals surface area contributed by atoms with E-state index in [4.69, 9.17) is 14.2 Å². The van der Waals surface area contributed by atoms with Crippen molar-refractivity contribution in [2.75, 3.05) is 13.2 Å². The van der Waals surface area contributed by atoms with Gasteiger partial charge >= 0.3 is 5.97 Å². The summed E-state index contributed by atoms with van der Waals surface area (Å²) in [5.74, 6) is -0.150. The number of halogens is 1. The highest BCUT2D eigenvalue weighted by atomic mass is 19.1. The summed E-state index contributed by atoms with van der Waals surface area (Å²) in [7, 11) is 0. The highest BCUT2D eigenvalue weighted by Gasteiger charge is 2.14. The standard InChI is InChI=1S/C23H17FN2O5/c24-18-3-1-2-17(12-18)23(28)31-19-7-4-15(5-8-19)14-25-26-22(27)16-6-9-20-21(13-16)30-11-10-29-20/h1-9,12-14H,10-11H2,(H,26,27). The van der Waals surface area contributed by atoms with E-state index in [0.29, 0.717) is 41.6 Å². The molecule has 0 saturated carbocycles. The fourth-order valence-electron chi connectivity index (χ4n) is 2.82. The number of amides is 1. The lowest BCUT2D eigenvalue weighted by Gasteiger charge is -2.18. The van der Waals surface area contributed by atoms with E-state index in [-0.39, 0.29) is 5.56 Å². The lowest BCUT2D eigenvalue weighted by Crippen LogP contribution is -2.19. The number of esters is 1. The van der Waals surface area contributed by atoms with Crippen molar-refractivity contribution in [3.8, 4) is 17.2 Å². The van der Waals surface area contributed by atoms with E-state index in [0.717, 1.165) is 6.07 Å². The number of carbonyl (C=O) groups is 2. The summed E-state index contributed by atoms with van der Waals surface area (Å²) >= 11 is 0. The van der Waals surface area contributed by atoms with Crippen molar-refractivity contribution in [3.05, 3.63) is 89.2 Å². The molecular weight excluding hydrogens is 403 g/mol. The zero-order valence-corrected chi connectivity index (χ0v) is 16.2. The molecule has 0 radical (unpaired) electrons. The third-order valence-corrected chi connectivity index (χ3v) is 4.34. The van der Waals surface area contributed by atoms with Crippen molar-refractivity contribution in [2.24, 2.45) is 5.10 Å². The van der Waals surface area contributed by atoms with Gasteiger partial charge in [0.25, 0.3) is 5.91 Å². The molecule has 0 fully saturated rings. The maximum absolute atomic E-state index is 13.2. The Balaban J connectivity index is 1.33. The molecule has 1 heterocycles. The summed E-state index contributed by atoms with van der Waals surface area (Å²) in [5.41, 5.74) is 3.62. The van der Waals surface area contributed by atoms with Crippen LogP contribution in [0.4, 0.5) is 4.39 Å². The van der Waals surface area contributed by atoms with Gasteiger partial charge in [-0.3, -0.25) is 4.79 Å². The lowest BCUT2D eigenvalue weighted by atomic mass is 10.2. The zero-order valence-electron chi connectivity index (χ0n) is 16.2. The third-order valence-electron chi connectivity index (χ3n) is 4.34. The second kappa shape index (κ2) is 9.08. The average Bonchev–Trinajstić information content (AvgIpc) is 2.80. The van der Waals surface area contributed by atoms with Gasteiger partial charge in [0.1, 0.15) is 24.8 Å². The van der Waals surface area contributed by atoms with Crippen molar-refractivity contribution in [2.45, 2.75) is 0 Å². The molecule has 0 atom stereocenters. The number of hydrogen-bond acceptors (Lipinski definition) is 6. The first kappa shape index (κ1) is 20.1. The fraction of sp³-hybridized carbons (Fsp3) is 0.0870. The molecule has 7 nitrogen and oxygen atoms in total. The minimum Gasteiger partial charge on any atom is -0.486 e. The quantitative estimate of drug-likeness (QED) is 0.295. The molecule has 1 aliphatic rings. The SMILES string of the molecule is O=C(NN=Cc1ccc(OC(=O)c2cccc(F)c2)cc1)c1ccc2c(c1)OCCO2. The van der Waals surface area contributed by atoms with Crippen molar-refractivity contribution >= 4 is 18.1 Å². The molecule has 8 heteroatoms. The minimum atomic E-state index is -0.660. The Morgan fingerprint density at radius 1 is 0.935 bits per heavy atom. The lowest BCUT2D eigenvalue weighted by molar-refractivity contribution is 0.0734. The zero-order chi connectivity index (χ0) is 21.6. The molecule has 0 aromatic heterocycles. The number of hydrogen-bond donors (Lipinski definition) is 1. The van der Waals surface area contributed by atoms with E-state index in [2.05, 4.69) is 10.5 Å². The van der Waals surface area contributed by atoms with E-state index in [9.17, 15) is 14.0 Å². The van der Waals surface area contributed by atoms with E-state index < -0.39 is 17.7 Å². The smallest absolute Gasteiger partial charge is 0.343 e. The van der Waals surface area contributed by atoms with Gasteiger partial charge in [-0.15, -0.1) is 0 Å². The number of ether oxygens (including phenoxy) is 3. The number of fused-ring (bicyclic) bond motifs is 1. The van der Waals surface area contributed by atoms with Crippen LogP contribution in [0, 0.1) is 5.82 Å². The van der Waals surface area contributed by atoms with Gasteiger partial charge in [-0.1, -0.05) is 6.07 Å². The van der Waals surface area contributed by atoms with Gasteiger partial charge in [0.2, 0.25) is 0 Å².